The van der Waals surface area contributed by atoms with E-state index in [-0.39, 0.29) is 18.7 Å². The van der Waals surface area contributed by atoms with Crippen LogP contribution in [-0.4, -0.2) is 5.91 Å². The van der Waals surface area contributed by atoms with Gasteiger partial charge in [-0.3, -0.25) is 4.79 Å². The van der Waals surface area contributed by atoms with E-state index < -0.39 is 0 Å². The zero-order valence-electron chi connectivity index (χ0n) is 8.04. The van der Waals surface area contributed by atoms with Crippen LogP contribution < -0.4 is 5.32 Å². The summed E-state index contributed by atoms with van der Waals surface area (Å²) in [5.74, 6) is 1.43. The Morgan fingerprint density at radius 2 is 2.43 bits per heavy atom. The highest BCUT2D eigenvalue weighted by Gasteiger charge is 2.02. The fraction of sp³-hybridized carbons (Fsp3) is 0.400. The van der Waals surface area contributed by atoms with Crippen LogP contribution in [0.1, 0.15) is 24.4 Å². The predicted octanol–water partition coefficient (Wildman–Crippen LogP) is 1.51. The molecule has 0 spiro atoms. The molecule has 0 fully saturated rings. The molecule has 4 heteroatoms. The Bertz CT molecular complexity index is 349. The van der Waals surface area contributed by atoms with Crippen molar-refractivity contribution in [3.05, 3.63) is 23.7 Å². The highest BCUT2D eigenvalue weighted by Crippen LogP contribution is 2.05. The van der Waals surface area contributed by atoms with Crippen molar-refractivity contribution in [2.24, 2.45) is 0 Å². The summed E-state index contributed by atoms with van der Waals surface area (Å²) in [5.41, 5.74) is 0. The van der Waals surface area contributed by atoms with E-state index in [1.54, 1.807) is 0 Å². The van der Waals surface area contributed by atoms with Crippen molar-refractivity contribution in [2.75, 3.05) is 0 Å². The lowest BCUT2D eigenvalue weighted by atomic mass is 10.3. The zero-order chi connectivity index (χ0) is 10.4. The lowest BCUT2D eigenvalue weighted by molar-refractivity contribution is -0.121. The summed E-state index contributed by atoms with van der Waals surface area (Å²) in [5, 5.41) is 10.9. The number of hydrogen-bond donors (Lipinski definition) is 1. The Hall–Kier alpha value is -1.76. The van der Waals surface area contributed by atoms with Crippen LogP contribution in [0.4, 0.5) is 0 Å². The van der Waals surface area contributed by atoms with Gasteiger partial charge in [0.25, 0.3) is 0 Å². The molecule has 0 radical (unpaired) electrons. The predicted molar refractivity (Wildman–Crippen MR) is 50.1 cm³/mol. The first-order valence-electron chi connectivity index (χ1n) is 4.41. The molecule has 1 aromatic heterocycles. The van der Waals surface area contributed by atoms with Crippen molar-refractivity contribution in [3.8, 4) is 6.07 Å². The molecule has 74 valence electrons. The van der Waals surface area contributed by atoms with Crippen LogP contribution >= 0.6 is 0 Å². The van der Waals surface area contributed by atoms with Crippen molar-refractivity contribution >= 4 is 5.91 Å². The van der Waals surface area contributed by atoms with Crippen LogP contribution in [0, 0.1) is 18.3 Å². The molecule has 0 aliphatic heterocycles. The number of hydrogen-bond acceptors (Lipinski definition) is 3. The monoisotopic (exact) mass is 192 g/mol. The highest BCUT2D eigenvalue weighted by atomic mass is 16.3. The Morgan fingerprint density at radius 3 is 3.00 bits per heavy atom. The normalized spacial score (nSPS) is 9.43. The Morgan fingerprint density at radius 1 is 1.64 bits per heavy atom. The van der Waals surface area contributed by atoms with Gasteiger partial charge in [0, 0.05) is 12.8 Å². The van der Waals surface area contributed by atoms with E-state index in [4.69, 9.17) is 9.68 Å². The van der Waals surface area contributed by atoms with Crippen LogP contribution in [0.25, 0.3) is 0 Å². The molecular formula is C10H12N2O2. The number of carbonyl (C=O) groups is 1. The Labute approximate surface area is 82.5 Å². The smallest absolute Gasteiger partial charge is 0.221 e. The van der Waals surface area contributed by atoms with Gasteiger partial charge >= 0.3 is 0 Å². The molecule has 0 saturated heterocycles. The van der Waals surface area contributed by atoms with Gasteiger partial charge in [0.1, 0.15) is 11.5 Å². The van der Waals surface area contributed by atoms with Gasteiger partial charge in [-0.05, 0) is 19.1 Å². The number of furan rings is 1. The molecule has 14 heavy (non-hydrogen) atoms. The molecule has 1 amide bonds. The van der Waals surface area contributed by atoms with Gasteiger partial charge in [0.2, 0.25) is 5.91 Å². The first-order chi connectivity index (χ1) is 6.72. The van der Waals surface area contributed by atoms with E-state index in [1.807, 2.05) is 25.1 Å². The van der Waals surface area contributed by atoms with Gasteiger partial charge < -0.3 is 9.73 Å². The van der Waals surface area contributed by atoms with Gasteiger partial charge in [-0.15, -0.1) is 0 Å². The van der Waals surface area contributed by atoms with Crippen LogP contribution in [-0.2, 0) is 11.3 Å². The minimum absolute atomic E-state index is 0.124. The second-order valence-electron chi connectivity index (χ2n) is 2.95. The third kappa shape index (κ3) is 3.31. The molecule has 1 N–H and O–H groups in total. The summed E-state index contributed by atoms with van der Waals surface area (Å²) < 4.78 is 5.26. The quantitative estimate of drug-likeness (QED) is 0.786. The minimum Gasteiger partial charge on any atom is -0.465 e. The first-order valence-corrected chi connectivity index (χ1v) is 4.41. The standard InChI is InChI=1S/C10H12N2O2/c1-8-4-5-9(14-8)7-12-10(13)3-2-6-11/h4-5H,2-3,7H2,1H3,(H,12,13). The molecule has 0 saturated carbocycles. The number of nitrogens with one attached hydrogen (secondary N) is 1. The summed E-state index contributed by atoms with van der Waals surface area (Å²) in [6, 6.07) is 5.58. The molecule has 1 aromatic rings. The number of carbonyl (C=O) groups excluding carboxylic acids is 1. The number of rotatable bonds is 4. The molecule has 0 aromatic carbocycles. The van der Waals surface area contributed by atoms with Gasteiger partial charge in [0.05, 0.1) is 12.6 Å². The fourth-order valence-corrected chi connectivity index (χ4v) is 1.02. The Balaban J connectivity index is 2.27. The topological polar surface area (TPSA) is 66.0 Å². The van der Waals surface area contributed by atoms with Gasteiger partial charge in [-0.2, -0.15) is 5.26 Å². The van der Waals surface area contributed by atoms with Gasteiger partial charge in [-0.1, -0.05) is 0 Å². The number of nitrogens with zero attached hydrogens (tertiary/aromatic N) is 1. The molecular weight excluding hydrogens is 180 g/mol. The maximum absolute atomic E-state index is 11.1. The molecule has 0 bridgehead atoms. The first kappa shape index (κ1) is 10.3. The van der Waals surface area contributed by atoms with Crippen molar-refractivity contribution in [1.29, 1.82) is 5.26 Å². The lowest BCUT2D eigenvalue weighted by Gasteiger charge is -2.00. The van der Waals surface area contributed by atoms with Gasteiger partial charge in [-0.25, -0.2) is 0 Å². The van der Waals surface area contributed by atoms with Crippen LogP contribution in [0.15, 0.2) is 16.5 Å². The molecule has 1 rings (SSSR count). The van der Waals surface area contributed by atoms with Crippen molar-refractivity contribution in [1.82, 2.24) is 5.32 Å². The summed E-state index contributed by atoms with van der Waals surface area (Å²) in [6.45, 7) is 2.24. The maximum atomic E-state index is 11.1. The van der Waals surface area contributed by atoms with Crippen molar-refractivity contribution in [2.45, 2.75) is 26.3 Å². The van der Waals surface area contributed by atoms with Crippen molar-refractivity contribution in [3.63, 3.8) is 0 Å². The molecule has 0 unspecified atom stereocenters. The summed E-state index contributed by atoms with van der Waals surface area (Å²) in [7, 11) is 0. The van der Waals surface area contributed by atoms with Crippen LogP contribution in [0.3, 0.4) is 0 Å². The average Bonchev–Trinajstić information content (AvgIpc) is 2.58. The van der Waals surface area contributed by atoms with E-state index in [1.165, 1.54) is 0 Å². The summed E-state index contributed by atoms with van der Waals surface area (Å²) in [4.78, 5) is 11.1. The molecule has 1 heterocycles. The van der Waals surface area contributed by atoms with Gasteiger partial charge in [0.15, 0.2) is 0 Å². The Kier molecular flexibility index (Phi) is 3.74. The number of aryl methyl sites for hydroxylation is 1. The van der Waals surface area contributed by atoms with E-state index in [0.717, 1.165) is 11.5 Å². The average molecular weight is 192 g/mol. The van der Waals surface area contributed by atoms with E-state index in [0.29, 0.717) is 6.54 Å². The molecule has 4 nitrogen and oxygen atoms in total. The maximum Gasteiger partial charge on any atom is 0.221 e. The van der Waals surface area contributed by atoms with E-state index in [9.17, 15) is 4.79 Å². The highest BCUT2D eigenvalue weighted by molar-refractivity contribution is 5.75. The second kappa shape index (κ2) is 5.07. The van der Waals surface area contributed by atoms with Crippen LogP contribution in [0.2, 0.25) is 0 Å². The summed E-state index contributed by atoms with van der Waals surface area (Å²) in [6.07, 6.45) is 0.499. The zero-order valence-corrected chi connectivity index (χ0v) is 8.04. The molecule has 0 aliphatic carbocycles. The third-order valence-electron chi connectivity index (χ3n) is 1.72. The lowest BCUT2D eigenvalue weighted by Crippen LogP contribution is -2.21. The molecule has 0 aliphatic rings. The van der Waals surface area contributed by atoms with E-state index >= 15 is 0 Å². The number of nitriles is 1. The third-order valence-corrected chi connectivity index (χ3v) is 1.72. The fourth-order valence-electron chi connectivity index (χ4n) is 1.02. The van der Waals surface area contributed by atoms with Crippen molar-refractivity contribution < 1.29 is 9.21 Å². The SMILES string of the molecule is Cc1ccc(CNC(=O)CCC#N)o1. The van der Waals surface area contributed by atoms with Crippen LogP contribution in [0.5, 0.6) is 0 Å². The largest absolute Gasteiger partial charge is 0.465 e. The summed E-state index contributed by atoms with van der Waals surface area (Å²) >= 11 is 0. The number of amides is 1. The van der Waals surface area contributed by atoms with E-state index in [2.05, 4.69) is 5.32 Å². The molecule has 0 atom stereocenters. The minimum atomic E-state index is -0.124. The second-order valence-corrected chi connectivity index (χ2v) is 2.95.